The van der Waals surface area contributed by atoms with Crippen molar-refractivity contribution in [2.75, 3.05) is 21.3 Å². The Morgan fingerprint density at radius 3 is 1.84 bits per heavy atom. The number of rotatable bonds is 3. The van der Waals surface area contributed by atoms with Gasteiger partial charge >= 0.3 is 0 Å². The molecule has 0 fully saturated rings. The molecule has 7 heteroatoms. The molecule has 0 spiro atoms. The zero-order valence-electron chi connectivity index (χ0n) is 14.1. The van der Waals surface area contributed by atoms with Gasteiger partial charge in [0, 0.05) is 16.7 Å². The van der Waals surface area contributed by atoms with Crippen molar-refractivity contribution in [2.24, 2.45) is 0 Å². The molecule has 0 amide bonds. The molecule has 1 aliphatic rings. The zero-order chi connectivity index (χ0) is 18.5. The first-order valence-electron chi connectivity index (χ1n) is 7.35. The lowest BCUT2D eigenvalue weighted by atomic mass is 9.81. The van der Waals surface area contributed by atoms with Crippen molar-refractivity contribution in [3.05, 3.63) is 39.9 Å². The number of ether oxygens (including phenoxy) is 3. The minimum atomic E-state index is -0.565. The zero-order valence-corrected chi connectivity index (χ0v) is 14.1. The van der Waals surface area contributed by atoms with Gasteiger partial charge in [0.1, 0.15) is 11.5 Å². The molecule has 130 valence electrons. The van der Waals surface area contributed by atoms with Crippen LogP contribution in [0.15, 0.2) is 12.1 Å². The molecule has 0 heterocycles. The lowest BCUT2D eigenvalue weighted by Crippen LogP contribution is -2.22. The Labute approximate surface area is 143 Å². The number of fused-ring (bicyclic) bond motifs is 2. The van der Waals surface area contributed by atoms with E-state index in [1.807, 2.05) is 0 Å². The number of aromatic hydroxyl groups is 2. The maximum Gasteiger partial charge on any atom is 0.201 e. The van der Waals surface area contributed by atoms with E-state index in [9.17, 15) is 19.8 Å². The third-order valence-electron chi connectivity index (χ3n) is 4.31. The minimum Gasteiger partial charge on any atom is -0.507 e. The monoisotopic (exact) mass is 344 g/mol. The van der Waals surface area contributed by atoms with Gasteiger partial charge in [0.25, 0.3) is 0 Å². The molecule has 0 saturated carbocycles. The second kappa shape index (κ2) is 5.70. The second-order valence-electron chi connectivity index (χ2n) is 5.52. The Morgan fingerprint density at radius 1 is 0.760 bits per heavy atom. The third-order valence-corrected chi connectivity index (χ3v) is 4.31. The van der Waals surface area contributed by atoms with Crippen molar-refractivity contribution in [1.82, 2.24) is 0 Å². The molecule has 0 bridgehead atoms. The summed E-state index contributed by atoms with van der Waals surface area (Å²) in [6, 6.07) is 2.66. The van der Waals surface area contributed by atoms with Crippen molar-refractivity contribution in [3.63, 3.8) is 0 Å². The van der Waals surface area contributed by atoms with Gasteiger partial charge in [0.05, 0.1) is 32.5 Å². The molecule has 0 radical (unpaired) electrons. The van der Waals surface area contributed by atoms with Crippen molar-refractivity contribution < 1.29 is 34.0 Å². The number of ketones is 2. The highest BCUT2D eigenvalue weighted by Crippen LogP contribution is 2.47. The van der Waals surface area contributed by atoms with Crippen LogP contribution in [0.1, 0.15) is 37.4 Å². The molecule has 0 aliphatic heterocycles. The SMILES string of the molecule is COc1cc2c(c(O)c1C)C(=O)c1cc(OC)c(O)c(OC)c1C2=O. The van der Waals surface area contributed by atoms with Crippen LogP contribution in [0.4, 0.5) is 0 Å². The molecule has 0 aromatic heterocycles. The van der Waals surface area contributed by atoms with Crippen LogP contribution in [0.25, 0.3) is 0 Å². The van der Waals surface area contributed by atoms with Crippen LogP contribution in [0.5, 0.6) is 28.7 Å². The van der Waals surface area contributed by atoms with E-state index in [2.05, 4.69) is 0 Å². The number of carbonyl (C=O) groups is 2. The van der Waals surface area contributed by atoms with Crippen molar-refractivity contribution in [3.8, 4) is 28.7 Å². The standard InChI is InChI=1S/C18H16O7/c1-7-10(23-2)5-8-12(14(7)19)15(20)9-6-11(24-3)17(22)18(25-4)13(9)16(8)21/h5-6,19,22H,1-4H3. The van der Waals surface area contributed by atoms with Gasteiger partial charge in [-0.15, -0.1) is 0 Å². The molecular formula is C18H16O7. The molecule has 2 aromatic rings. The van der Waals surface area contributed by atoms with E-state index >= 15 is 0 Å². The number of hydrogen-bond donors (Lipinski definition) is 2. The quantitative estimate of drug-likeness (QED) is 0.751. The summed E-state index contributed by atoms with van der Waals surface area (Å²) in [5.41, 5.74) is 0.141. The van der Waals surface area contributed by atoms with E-state index in [1.165, 1.54) is 33.5 Å². The number of phenols is 2. The number of carbonyl (C=O) groups excluding carboxylic acids is 2. The molecule has 0 atom stereocenters. The first-order valence-corrected chi connectivity index (χ1v) is 7.35. The Hall–Kier alpha value is -3.22. The average molecular weight is 344 g/mol. The van der Waals surface area contributed by atoms with Crippen molar-refractivity contribution in [2.45, 2.75) is 6.92 Å². The van der Waals surface area contributed by atoms with E-state index < -0.39 is 11.6 Å². The fourth-order valence-electron chi connectivity index (χ4n) is 3.02. The summed E-state index contributed by atoms with van der Waals surface area (Å²) in [4.78, 5) is 25.9. The predicted molar refractivity (Wildman–Crippen MR) is 87.5 cm³/mol. The van der Waals surface area contributed by atoms with Gasteiger partial charge in [-0.2, -0.15) is 0 Å². The van der Waals surface area contributed by atoms with Crippen molar-refractivity contribution in [1.29, 1.82) is 0 Å². The van der Waals surface area contributed by atoms with Gasteiger partial charge in [0.15, 0.2) is 23.1 Å². The van der Waals surface area contributed by atoms with E-state index in [0.717, 1.165) is 0 Å². The van der Waals surface area contributed by atoms with E-state index in [1.54, 1.807) is 6.92 Å². The molecule has 2 N–H and O–H groups in total. The summed E-state index contributed by atoms with van der Waals surface area (Å²) in [7, 11) is 3.99. The van der Waals surface area contributed by atoms with Gasteiger partial charge in [-0.1, -0.05) is 0 Å². The summed E-state index contributed by atoms with van der Waals surface area (Å²) < 4.78 is 15.3. The predicted octanol–water partition coefficient (Wildman–Crippen LogP) is 2.21. The number of methoxy groups -OCH3 is 3. The molecule has 7 nitrogen and oxygen atoms in total. The summed E-state index contributed by atoms with van der Waals surface area (Å²) in [6.45, 7) is 1.58. The normalized spacial score (nSPS) is 12.5. The summed E-state index contributed by atoms with van der Waals surface area (Å²) in [5.74, 6) is -1.71. The van der Waals surface area contributed by atoms with Crippen LogP contribution in [0.2, 0.25) is 0 Å². The molecule has 0 saturated heterocycles. The van der Waals surface area contributed by atoms with Crippen LogP contribution < -0.4 is 14.2 Å². The summed E-state index contributed by atoms with van der Waals surface area (Å²) in [5, 5.41) is 20.6. The maximum absolute atomic E-state index is 13.0. The molecular weight excluding hydrogens is 328 g/mol. The third kappa shape index (κ3) is 2.12. The average Bonchev–Trinajstić information content (AvgIpc) is 2.61. The van der Waals surface area contributed by atoms with Crippen LogP contribution in [0.3, 0.4) is 0 Å². The van der Waals surface area contributed by atoms with Crippen molar-refractivity contribution >= 4 is 11.6 Å². The first kappa shape index (κ1) is 16.6. The molecule has 1 aliphatic carbocycles. The fraction of sp³-hybridized carbons (Fsp3) is 0.222. The molecule has 0 unspecified atom stereocenters. The van der Waals surface area contributed by atoms with Gasteiger partial charge in [0.2, 0.25) is 5.75 Å². The Kier molecular flexibility index (Phi) is 3.79. The van der Waals surface area contributed by atoms with Crippen LogP contribution >= 0.6 is 0 Å². The van der Waals surface area contributed by atoms with Gasteiger partial charge in [-0.3, -0.25) is 9.59 Å². The minimum absolute atomic E-state index is 0.00933. The second-order valence-corrected chi connectivity index (χ2v) is 5.52. The molecule has 2 aromatic carbocycles. The van der Waals surface area contributed by atoms with Crippen LogP contribution in [-0.4, -0.2) is 43.1 Å². The Morgan fingerprint density at radius 2 is 1.28 bits per heavy atom. The van der Waals surface area contributed by atoms with Gasteiger partial charge in [-0.25, -0.2) is 0 Å². The summed E-state index contributed by atoms with van der Waals surface area (Å²) >= 11 is 0. The Bertz CT molecular complexity index is 928. The van der Waals surface area contributed by atoms with E-state index in [4.69, 9.17) is 14.2 Å². The van der Waals surface area contributed by atoms with Crippen LogP contribution in [0, 0.1) is 6.92 Å². The number of hydrogen-bond acceptors (Lipinski definition) is 7. The number of phenolic OH excluding ortho intramolecular Hbond substituents is 2. The van der Waals surface area contributed by atoms with Gasteiger partial charge in [-0.05, 0) is 19.1 Å². The molecule has 3 rings (SSSR count). The summed E-state index contributed by atoms with van der Waals surface area (Å²) in [6.07, 6.45) is 0. The topological polar surface area (TPSA) is 102 Å². The smallest absolute Gasteiger partial charge is 0.201 e. The highest BCUT2D eigenvalue weighted by Gasteiger charge is 2.38. The number of benzene rings is 2. The Balaban J connectivity index is 2.40. The fourth-order valence-corrected chi connectivity index (χ4v) is 3.02. The highest BCUT2D eigenvalue weighted by atomic mass is 16.5. The van der Waals surface area contributed by atoms with Gasteiger partial charge < -0.3 is 24.4 Å². The lowest BCUT2D eigenvalue weighted by molar-refractivity contribution is 0.0972. The molecule has 25 heavy (non-hydrogen) atoms. The van der Waals surface area contributed by atoms with Crippen LogP contribution in [-0.2, 0) is 0 Å². The lowest BCUT2D eigenvalue weighted by Gasteiger charge is -2.23. The largest absolute Gasteiger partial charge is 0.507 e. The first-order chi connectivity index (χ1) is 11.9. The highest BCUT2D eigenvalue weighted by molar-refractivity contribution is 6.31. The van der Waals surface area contributed by atoms with E-state index in [0.29, 0.717) is 5.56 Å². The van der Waals surface area contributed by atoms with E-state index in [-0.39, 0.29) is 51.0 Å². The maximum atomic E-state index is 13.0.